The molecule has 0 spiro atoms. The van der Waals surface area contributed by atoms with Gasteiger partial charge in [0.25, 0.3) is 0 Å². The minimum Gasteiger partial charge on any atom is -0.492 e. The van der Waals surface area contributed by atoms with Crippen LogP contribution in [0.3, 0.4) is 0 Å². The smallest absolute Gasteiger partial charge is 0.119 e. The molecule has 0 atom stereocenters. The summed E-state index contributed by atoms with van der Waals surface area (Å²) in [5, 5.41) is 4.14. The Bertz CT molecular complexity index is 359. The molecule has 19 heavy (non-hydrogen) atoms. The Hall–Kier alpha value is -0.770. The molecule has 0 bridgehead atoms. The fourth-order valence-electron chi connectivity index (χ4n) is 1.80. The van der Waals surface area contributed by atoms with E-state index in [-0.39, 0.29) is 0 Å². The molecule has 0 saturated heterocycles. The molecule has 1 rings (SSSR count). The summed E-state index contributed by atoms with van der Waals surface area (Å²) >= 11 is 6.11. The first kappa shape index (κ1) is 16.3. The van der Waals surface area contributed by atoms with Crippen LogP contribution in [0.25, 0.3) is 0 Å². The third kappa shape index (κ3) is 6.28. The summed E-state index contributed by atoms with van der Waals surface area (Å²) in [7, 11) is 0. The number of benzene rings is 1. The summed E-state index contributed by atoms with van der Waals surface area (Å²) in [6.45, 7) is 10.1. The van der Waals surface area contributed by atoms with Crippen molar-refractivity contribution in [3.05, 3.63) is 28.3 Å². The van der Waals surface area contributed by atoms with Gasteiger partial charge in [0.15, 0.2) is 0 Å². The van der Waals surface area contributed by atoms with Gasteiger partial charge in [0, 0.05) is 24.8 Å². The van der Waals surface area contributed by atoms with E-state index >= 15 is 0 Å². The first-order chi connectivity index (χ1) is 9.15. The van der Waals surface area contributed by atoms with Gasteiger partial charge in [-0.15, -0.1) is 0 Å². The second kappa shape index (κ2) is 9.18. The highest BCUT2D eigenvalue weighted by Crippen LogP contribution is 2.25. The van der Waals surface area contributed by atoms with Crippen molar-refractivity contribution in [2.24, 2.45) is 0 Å². The number of rotatable bonds is 9. The van der Waals surface area contributed by atoms with E-state index in [1.807, 2.05) is 32.9 Å². The van der Waals surface area contributed by atoms with Crippen molar-refractivity contribution in [2.45, 2.75) is 27.2 Å². The molecule has 1 aromatic rings. The summed E-state index contributed by atoms with van der Waals surface area (Å²) in [6.07, 6.45) is 1.03. The average Bonchev–Trinajstić information content (AvgIpc) is 2.39. The van der Waals surface area contributed by atoms with Crippen molar-refractivity contribution in [3.8, 4) is 5.75 Å². The van der Waals surface area contributed by atoms with E-state index in [9.17, 15) is 0 Å². The van der Waals surface area contributed by atoms with Gasteiger partial charge in [-0.2, -0.15) is 0 Å². The van der Waals surface area contributed by atoms with Gasteiger partial charge in [0.2, 0.25) is 0 Å². The van der Waals surface area contributed by atoms with E-state index in [1.54, 1.807) is 0 Å². The number of aryl methyl sites for hydroxylation is 2. The Balaban J connectivity index is 2.16. The van der Waals surface area contributed by atoms with Crippen LogP contribution in [0.4, 0.5) is 0 Å². The largest absolute Gasteiger partial charge is 0.492 e. The molecule has 0 heterocycles. The summed E-state index contributed by atoms with van der Waals surface area (Å²) in [6, 6.07) is 3.95. The monoisotopic (exact) mass is 285 g/mol. The Labute approximate surface area is 121 Å². The van der Waals surface area contributed by atoms with Crippen LogP contribution in [0, 0.1) is 13.8 Å². The highest BCUT2D eigenvalue weighted by atomic mass is 35.5. The SMILES string of the molecule is CCOCCCNCCOc1cc(C)c(Cl)c(C)c1. The Morgan fingerprint density at radius 3 is 2.42 bits per heavy atom. The minimum atomic E-state index is 0.662. The van der Waals surface area contributed by atoms with Gasteiger partial charge in [-0.1, -0.05) is 11.6 Å². The molecule has 0 fully saturated rings. The van der Waals surface area contributed by atoms with Gasteiger partial charge in [-0.05, 0) is 57.0 Å². The van der Waals surface area contributed by atoms with E-state index in [2.05, 4.69) is 5.32 Å². The first-order valence-electron chi connectivity index (χ1n) is 6.83. The lowest BCUT2D eigenvalue weighted by Gasteiger charge is -2.10. The van der Waals surface area contributed by atoms with Gasteiger partial charge in [-0.25, -0.2) is 0 Å². The maximum atomic E-state index is 6.11. The van der Waals surface area contributed by atoms with Crippen molar-refractivity contribution in [1.29, 1.82) is 0 Å². The quantitative estimate of drug-likeness (QED) is 0.706. The van der Waals surface area contributed by atoms with Crippen molar-refractivity contribution in [1.82, 2.24) is 5.32 Å². The van der Waals surface area contributed by atoms with Crippen LogP contribution in [0.15, 0.2) is 12.1 Å². The standard InChI is InChI=1S/C15H24ClNO2/c1-4-18-8-5-6-17-7-9-19-14-10-12(2)15(16)13(3)11-14/h10-11,17H,4-9H2,1-3H3. The Morgan fingerprint density at radius 1 is 1.11 bits per heavy atom. The summed E-state index contributed by atoms with van der Waals surface area (Å²) < 4.78 is 11.0. The highest BCUT2D eigenvalue weighted by molar-refractivity contribution is 6.32. The molecule has 3 nitrogen and oxygen atoms in total. The summed E-state index contributed by atoms with van der Waals surface area (Å²) in [4.78, 5) is 0. The zero-order valence-electron chi connectivity index (χ0n) is 12.1. The Kier molecular flexibility index (Phi) is 7.87. The molecule has 0 amide bonds. The fraction of sp³-hybridized carbons (Fsp3) is 0.600. The molecule has 1 N–H and O–H groups in total. The molecule has 4 heteroatoms. The third-order valence-electron chi connectivity index (χ3n) is 2.80. The van der Waals surface area contributed by atoms with Gasteiger partial charge < -0.3 is 14.8 Å². The van der Waals surface area contributed by atoms with Gasteiger partial charge in [-0.3, -0.25) is 0 Å². The number of nitrogens with one attached hydrogen (secondary N) is 1. The number of hydrogen-bond donors (Lipinski definition) is 1. The predicted octanol–water partition coefficient (Wildman–Crippen LogP) is 3.35. The van der Waals surface area contributed by atoms with Crippen molar-refractivity contribution >= 4 is 11.6 Å². The van der Waals surface area contributed by atoms with E-state index in [1.165, 1.54) is 0 Å². The normalized spacial score (nSPS) is 10.7. The molecule has 0 aromatic heterocycles. The predicted molar refractivity (Wildman–Crippen MR) is 80.4 cm³/mol. The maximum Gasteiger partial charge on any atom is 0.119 e. The molecular formula is C15H24ClNO2. The second-order valence-corrected chi connectivity index (χ2v) is 4.90. The van der Waals surface area contributed by atoms with Crippen LogP contribution in [0.5, 0.6) is 5.75 Å². The molecule has 0 aliphatic rings. The second-order valence-electron chi connectivity index (χ2n) is 4.52. The van der Waals surface area contributed by atoms with Crippen LogP contribution >= 0.6 is 11.6 Å². The molecule has 0 saturated carbocycles. The molecule has 0 aliphatic heterocycles. The average molecular weight is 286 g/mol. The van der Waals surface area contributed by atoms with Crippen LogP contribution in [0.2, 0.25) is 5.02 Å². The van der Waals surface area contributed by atoms with E-state index in [4.69, 9.17) is 21.1 Å². The Morgan fingerprint density at radius 2 is 1.79 bits per heavy atom. The third-order valence-corrected chi connectivity index (χ3v) is 3.40. The van der Waals surface area contributed by atoms with Crippen LogP contribution < -0.4 is 10.1 Å². The van der Waals surface area contributed by atoms with Gasteiger partial charge in [0.1, 0.15) is 12.4 Å². The van der Waals surface area contributed by atoms with Crippen molar-refractivity contribution in [3.63, 3.8) is 0 Å². The number of ether oxygens (including phenoxy) is 2. The molecule has 0 radical (unpaired) electrons. The zero-order chi connectivity index (χ0) is 14.1. The maximum absolute atomic E-state index is 6.11. The topological polar surface area (TPSA) is 30.5 Å². The number of hydrogen-bond acceptors (Lipinski definition) is 3. The molecule has 0 unspecified atom stereocenters. The van der Waals surface area contributed by atoms with Crippen LogP contribution in [-0.2, 0) is 4.74 Å². The minimum absolute atomic E-state index is 0.662. The number of halogens is 1. The summed E-state index contributed by atoms with van der Waals surface area (Å²) in [5.74, 6) is 0.885. The molecule has 1 aromatic carbocycles. The lowest BCUT2D eigenvalue weighted by molar-refractivity contribution is 0.144. The zero-order valence-corrected chi connectivity index (χ0v) is 12.8. The van der Waals surface area contributed by atoms with Crippen LogP contribution in [0.1, 0.15) is 24.5 Å². The van der Waals surface area contributed by atoms with Gasteiger partial charge >= 0.3 is 0 Å². The lowest BCUT2D eigenvalue weighted by Crippen LogP contribution is -2.23. The van der Waals surface area contributed by atoms with Gasteiger partial charge in [0.05, 0.1) is 0 Å². The van der Waals surface area contributed by atoms with E-state index < -0.39 is 0 Å². The molecular weight excluding hydrogens is 262 g/mol. The van der Waals surface area contributed by atoms with E-state index in [0.717, 1.165) is 54.6 Å². The highest BCUT2D eigenvalue weighted by Gasteiger charge is 2.03. The molecule has 0 aliphatic carbocycles. The van der Waals surface area contributed by atoms with Crippen molar-refractivity contribution in [2.75, 3.05) is 32.9 Å². The molecule has 108 valence electrons. The van der Waals surface area contributed by atoms with Crippen molar-refractivity contribution < 1.29 is 9.47 Å². The van der Waals surface area contributed by atoms with E-state index in [0.29, 0.717) is 6.61 Å². The fourth-order valence-corrected chi connectivity index (χ4v) is 1.91. The summed E-state index contributed by atoms with van der Waals surface area (Å²) in [5.41, 5.74) is 2.11. The lowest BCUT2D eigenvalue weighted by atomic mass is 10.1. The van der Waals surface area contributed by atoms with Crippen LogP contribution in [-0.4, -0.2) is 32.9 Å². The first-order valence-corrected chi connectivity index (χ1v) is 7.21.